The molecule has 0 aliphatic rings. The number of para-hydroxylation sites is 2. The number of carbonyl (C=O) groups is 1. The molecule has 1 amide bonds. The van der Waals surface area contributed by atoms with Crippen LogP contribution in [0.1, 0.15) is 15.9 Å². The first kappa shape index (κ1) is 19.3. The van der Waals surface area contributed by atoms with Crippen LogP contribution in [0.2, 0.25) is 0 Å². The van der Waals surface area contributed by atoms with Gasteiger partial charge in [0.25, 0.3) is 5.91 Å². The number of benzene rings is 3. The monoisotopic (exact) mass is 398 g/mol. The van der Waals surface area contributed by atoms with Crippen LogP contribution in [0.4, 0.5) is 21.7 Å². The van der Waals surface area contributed by atoms with E-state index in [9.17, 15) is 9.18 Å². The van der Waals surface area contributed by atoms with Crippen LogP contribution in [0.3, 0.4) is 0 Å². The van der Waals surface area contributed by atoms with E-state index in [1.807, 2.05) is 65.6 Å². The molecule has 0 unspecified atom stereocenters. The number of hydrogen-bond acceptors (Lipinski definition) is 4. The van der Waals surface area contributed by atoms with Crippen LogP contribution in [0, 0.1) is 5.82 Å². The summed E-state index contributed by atoms with van der Waals surface area (Å²) in [5.41, 5.74) is 2.40. The first-order chi connectivity index (χ1) is 14.7. The maximum absolute atomic E-state index is 13.8. The number of amides is 1. The molecule has 0 atom stereocenters. The molecule has 0 spiro atoms. The standard InChI is InChI=1S/C24H19FN4O/c25-21-13-7-8-14-22(21)28-23(30)19-15-26-24(27-16-19)29(20-11-5-2-6-12-20)17-18-9-3-1-4-10-18/h1-16H,17H2,(H,28,30). The Hall–Kier alpha value is -4.06. The Morgan fingerprint density at radius 1 is 0.833 bits per heavy atom. The third-order valence-corrected chi connectivity index (χ3v) is 4.52. The highest BCUT2D eigenvalue weighted by molar-refractivity contribution is 6.03. The molecule has 0 saturated heterocycles. The zero-order chi connectivity index (χ0) is 20.8. The van der Waals surface area contributed by atoms with Crippen LogP contribution >= 0.6 is 0 Å². The minimum Gasteiger partial charge on any atom is -0.319 e. The molecule has 4 rings (SSSR count). The maximum Gasteiger partial charge on any atom is 0.258 e. The van der Waals surface area contributed by atoms with E-state index in [2.05, 4.69) is 15.3 Å². The zero-order valence-electron chi connectivity index (χ0n) is 16.1. The highest BCUT2D eigenvalue weighted by atomic mass is 19.1. The predicted molar refractivity (Wildman–Crippen MR) is 115 cm³/mol. The summed E-state index contributed by atoms with van der Waals surface area (Å²) in [5.74, 6) is -0.505. The summed E-state index contributed by atoms with van der Waals surface area (Å²) < 4.78 is 13.8. The highest BCUT2D eigenvalue weighted by Crippen LogP contribution is 2.24. The van der Waals surface area contributed by atoms with E-state index >= 15 is 0 Å². The number of halogens is 1. The summed E-state index contributed by atoms with van der Waals surface area (Å²) in [6, 6.07) is 25.8. The Bertz CT molecular complexity index is 1120. The average Bonchev–Trinajstić information content (AvgIpc) is 2.80. The van der Waals surface area contributed by atoms with Crippen molar-refractivity contribution >= 4 is 23.2 Å². The van der Waals surface area contributed by atoms with Crippen LogP contribution in [0.25, 0.3) is 0 Å². The van der Waals surface area contributed by atoms with Crippen LogP contribution < -0.4 is 10.2 Å². The van der Waals surface area contributed by atoms with Gasteiger partial charge in [-0.2, -0.15) is 0 Å². The minimum atomic E-state index is -0.499. The van der Waals surface area contributed by atoms with Crippen molar-refractivity contribution in [2.24, 2.45) is 0 Å². The van der Waals surface area contributed by atoms with Crippen molar-refractivity contribution in [1.82, 2.24) is 9.97 Å². The van der Waals surface area contributed by atoms with Gasteiger partial charge >= 0.3 is 0 Å². The van der Waals surface area contributed by atoms with E-state index in [1.165, 1.54) is 24.5 Å². The van der Waals surface area contributed by atoms with Gasteiger partial charge in [-0.25, -0.2) is 14.4 Å². The number of aromatic nitrogens is 2. The van der Waals surface area contributed by atoms with Gasteiger partial charge in [0.05, 0.1) is 17.8 Å². The Kier molecular flexibility index (Phi) is 5.75. The van der Waals surface area contributed by atoms with Crippen molar-refractivity contribution in [1.29, 1.82) is 0 Å². The zero-order valence-corrected chi connectivity index (χ0v) is 16.1. The second-order valence-corrected chi connectivity index (χ2v) is 6.61. The van der Waals surface area contributed by atoms with Crippen molar-refractivity contribution in [3.8, 4) is 0 Å². The van der Waals surface area contributed by atoms with Gasteiger partial charge in [-0.3, -0.25) is 4.79 Å². The molecule has 4 aromatic rings. The third kappa shape index (κ3) is 4.50. The Morgan fingerprint density at radius 2 is 1.43 bits per heavy atom. The second kappa shape index (κ2) is 8.96. The van der Waals surface area contributed by atoms with Gasteiger partial charge in [-0.05, 0) is 29.8 Å². The normalized spacial score (nSPS) is 10.4. The summed E-state index contributed by atoms with van der Waals surface area (Å²) >= 11 is 0. The number of nitrogens with one attached hydrogen (secondary N) is 1. The SMILES string of the molecule is O=C(Nc1ccccc1F)c1cnc(N(Cc2ccccc2)c2ccccc2)nc1. The second-order valence-electron chi connectivity index (χ2n) is 6.61. The molecular formula is C24H19FN4O. The molecule has 148 valence electrons. The van der Waals surface area contributed by atoms with E-state index in [-0.39, 0.29) is 11.3 Å². The summed E-state index contributed by atoms with van der Waals surface area (Å²) in [6.45, 7) is 0.575. The number of nitrogens with zero attached hydrogens (tertiary/aromatic N) is 3. The lowest BCUT2D eigenvalue weighted by Gasteiger charge is -2.23. The molecule has 6 heteroatoms. The fourth-order valence-electron chi connectivity index (χ4n) is 2.99. The first-order valence-corrected chi connectivity index (χ1v) is 9.45. The molecule has 0 aliphatic heterocycles. The molecule has 0 fully saturated rings. The van der Waals surface area contributed by atoms with Crippen molar-refractivity contribution in [2.45, 2.75) is 6.54 Å². The van der Waals surface area contributed by atoms with E-state index in [0.717, 1.165) is 11.3 Å². The van der Waals surface area contributed by atoms with E-state index in [1.54, 1.807) is 12.1 Å². The van der Waals surface area contributed by atoms with E-state index in [0.29, 0.717) is 12.5 Å². The lowest BCUT2D eigenvalue weighted by atomic mass is 10.2. The molecule has 5 nitrogen and oxygen atoms in total. The number of anilines is 3. The van der Waals surface area contributed by atoms with Gasteiger partial charge in [0.15, 0.2) is 0 Å². The van der Waals surface area contributed by atoms with Crippen LogP contribution in [0.5, 0.6) is 0 Å². The summed E-state index contributed by atoms with van der Waals surface area (Å²) in [7, 11) is 0. The van der Waals surface area contributed by atoms with Crippen molar-refractivity contribution in [3.63, 3.8) is 0 Å². The van der Waals surface area contributed by atoms with Crippen LogP contribution in [-0.4, -0.2) is 15.9 Å². The van der Waals surface area contributed by atoms with Gasteiger partial charge in [-0.15, -0.1) is 0 Å². The number of hydrogen-bond donors (Lipinski definition) is 1. The molecule has 3 aromatic carbocycles. The Balaban J connectivity index is 1.58. The molecule has 0 aliphatic carbocycles. The van der Waals surface area contributed by atoms with E-state index in [4.69, 9.17) is 0 Å². The molecular weight excluding hydrogens is 379 g/mol. The van der Waals surface area contributed by atoms with Gasteiger partial charge < -0.3 is 10.2 Å². The maximum atomic E-state index is 13.8. The van der Waals surface area contributed by atoms with Crippen LogP contribution in [-0.2, 0) is 6.54 Å². The largest absolute Gasteiger partial charge is 0.319 e. The first-order valence-electron chi connectivity index (χ1n) is 9.45. The lowest BCUT2D eigenvalue weighted by Crippen LogP contribution is -2.20. The summed E-state index contributed by atoms with van der Waals surface area (Å²) in [5, 5.41) is 2.54. The summed E-state index contributed by atoms with van der Waals surface area (Å²) in [4.78, 5) is 23.2. The minimum absolute atomic E-state index is 0.113. The molecule has 1 heterocycles. The molecule has 30 heavy (non-hydrogen) atoms. The fourth-order valence-corrected chi connectivity index (χ4v) is 2.99. The van der Waals surface area contributed by atoms with E-state index < -0.39 is 11.7 Å². The smallest absolute Gasteiger partial charge is 0.258 e. The fraction of sp³-hybridized carbons (Fsp3) is 0.0417. The van der Waals surface area contributed by atoms with Gasteiger partial charge in [-0.1, -0.05) is 60.7 Å². The molecule has 1 aromatic heterocycles. The topological polar surface area (TPSA) is 58.1 Å². The Labute approximate surface area is 173 Å². The Morgan fingerprint density at radius 3 is 2.10 bits per heavy atom. The predicted octanol–water partition coefficient (Wildman–Crippen LogP) is 5.21. The summed E-state index contributed by atoms with van der Waals surface area (Å²) in [6.07, 6.45) is 2.89. The molecule has 1 N–H and O–H groups in total. The van der Waals surface area contributed by atoms with Gasteiger partial charge in [0, 0.05) is 18.1 Å². The molecule has 0 saturated carbocycles. The van der Waals surface area contributed by atoms with Gasteiger partial charge in [0.2, 0.25) is 5.95 Å². The average molecular weight is 398 g/mol. The van der Waals surface area contributed by atoms with Crippen molar-refractivity contribution in [3.05, 3.63) is 114 Å². The van der Waals surface area contributed by atoms with Gasteiger partial charge in [0.1, 0.15) is 5.82 Å². The quantitative estimate of drug-likeness (QED) is 0.485. The van der Waals surface area contributed by atoms with Crippen molar-refractivity contribution in [2.75, 3.05) is 10.2 Å². The van der Waals surface area contributed by atoms with Crippen LogP contribution in [0.15, 0.2) is 97.3 Å². The number of carbonyl (C=O) groups excluding carboxylic acids is 1. The third-order valence-electron chi connectivity index (χ3n) is 4.52. The molecule has 0 bridgehead atoms. The number of rotatable bonds is 6. The lowest BCUT2D eigenvalue weighted by molar-refractivity contribution is 0.102. The molecule has 0 radical (unpaired) electrons. The highest BCUT2D eigenvalue weighted by Gasteiger charge is 2.15. The van der Waals surface area contributed by atoms with Crippen molar-refractivity contribution < 1.29 is 9.18 Å².